The standard InChI is InChI=1S/C38H20N2OS/c39-21-25-6-5-7-26(22-40)38(25)29-17-27(23-12-14-31-30-8-1-3-10-34(30)41-35(31)19-23)16-28(18-29)24-13-15-33-32-9-2-4-11-36(32)42-37(33)20-24/h1-20H. The quantitative estimate of drug-likeness (QED) is 0.219. The number of nitriles is 2. The van der Waals surface area contributed by atoms with Crippen molar-refractivity contribution in [3.05, 3.63) is 132 Å². The number of hydrogen-bond acceptors (Lipinski definition) is 4. The smallest absolute Gasteiger partial charge is 0.136 e. The van der Waals surface area contributed by atoms with Crippen molar-refractivity contribution >= 4 is 53.4 Å². The summed E-state index contributed by atoms with van der Waals surface area (Å²) < 4.78 is 8.70. The number of hydrogen-bond donors (Lipinski definition) is 0. The monoisotopic (exact) mass is 552 g/mol. The van der Waals surface area contributed by atoms with Crippen LogP contribution in [0, 0.1) is 22.7 Å². The second-order valence-electron chi connectivity index (χ2n) is 10.4. The highest BCUT2D eigenvalue weighted by molar-refractivity contribution is 7.25. The molecule has 0 aliphatic rings. The summed E-state index contributed by atoms with van der Waals surface area (Å²) in [6.07, 6.45) is 0. The summed E-state index contributed by atoms with van der Waals surface area (Å²) in [6, 6.07) is 45.7. The van der Waals surface area contributed by atoms with Crippen LogP contribution in [0.15, 0.2) is 126 Å². The van der Waals surface area contributed by atoms with Gasteiger partial charge in [-0.3, -0.25) is 0 Å². The van der Waals surface area contributed by atoms with E-state index in [2.05, 4.69) is 97.1 Å². The number of rotatable bonds is 3. The number of para-hydroxylation sites is 1. The molecular formula is C38H20N2OS. The van der Waals surface area contributed by atoms with Gasteiger partial charge < -0.3 is 4.42 Å². The van der Waals surface area contributed by atoms with E-state index in [1.54, 1.807) is 29.5 Å². The van der Waals surface area contributed by atoms with E-state index in [1.165, 1.54) is 20.2 Å². The molecule has 4 heteroatoms. The number of furan rings is 1. The molecular weight excluding hydrogens is 532 g/mol. The maximum absolute atomic E-state index is 9.98. The van der Waals surface area contributed by atoms with Crippen LogP contribution in [0.5, 0.6) is 0 Å². The second kappa shape index (κ2) is 9.46. The minimum absolute atomic E-state index is 0.477. The number of nitrogens with zero attached hydrogens (tertiary/aromatic N) is 2. The molecule has 0 N–H and O–H groups in total. The Morgan fingerprint density at radius 1 is 0.452 bits per heavy atom. The molecule has 3 nitrogen and oxygen atoms in total. The van der Waals surface area contributed by atoms with Crippen LogP contribution in [0.4, 0.5) is 0 Å². The van der Waals surface area contributed by atoms with E-state index < -0.39 is 0 Å². The first-order valence-electron chi connectivity index (χ1n) is 13.6. The zero-order valence-corrected chi connectivity index (χ0v) is 23.1. The molecule has 0 bridgehead atoms. The molecule has 8 aromatic rings. The van der Waals surface area contributed by atoms with Gasteiger partial charge in [0.2, 0.25) is 0 Å². The van der Waals surface area contributed by atoms with Crippen molar-refractivity contribution < 1.29 is 4.42 Å². The van der Waals surface area contributed by atoms with Gasteiger partial charge in [-0.25, -0.2) is 0 Å². The molecule has 0 unspecified atom stereocenters. The van der Waals surface area contributed by atoms with Crippen LogP contribution in [0.25, 0.3) is 75.5 Å². The van der Waals surface area contributed by atoms with Crippen LogP contribution in [0.3, 0.4) is 0 Å². The lowest BCUT2D eigenvalue weighted by Crippen LogP contribution is -1.92. The van der Waals surface area contributed by atoms with E-state index in [0.717, 1.165) is 49.8 Å². The predicted molar refractivity (Wildman–Crippen MR) is 172 cm³/mol. The average Bonchev–Trinajstić information content (AvgIpc) is 3.61. The van der Waals surface area contributed by atoms with E-state index >= 15 is 0 Å². The van der Waals surface area contributed by atoms with Crippen molar-refractivity contribution in [3.63, 3.8) is 0 Å². The Morgan fingerprint density at radius 3 is 1.81 bits per heavy atom. The third-order valence-corrected chi connectivity index (χ3v) is 9.08. The first kappa shape index (κ1) is 24.1. The third kappa shape index (κ3) is 3.79. The van der Waals surface area contributed by atoms with Crippen molar-refractivity contribution in [1.82, 2.24) is 0 Å². The van der Waals surface area contributed by atoms with Crippen molar-refractivity contribution in [1.29, 1.82) is 10.5 Å². The third-order valence-electron chi connectivity index (χ3n) is 7.95. The summed E-state index contributed by atoms with van der Waals surface area (Å²) in [7, 11) is 0. The first-order chi connectivity index (χ1) is 20.7. The minimum atomic E-state index is 0.477. The SMILES string of the molecule is N#Cc1cccc(C#N)c1-c1cc(-c2ccc3c(c2)oc2ccccc23)cc(-c2ccc3c(c2)sc2ccccc23)c1. The Bertz CT molecular complexity index is 2280. The van der Waals surface area contributed by atoms with Gasteiger partial charge in [-0.2, -0.15) is 10.5 Å². The van der Waals surface area contributed by atoms with Crippen LogP contribution in [-0.4, -0.2) is 0 Å². The zero-order chi connectivity index (χ0) is 28.2. The number of benzene rings is 6. The molecule has 0 saturated heterocycles. The zero-order valence-electron chi connectivity index (χ0n) is 22.3. The molecule has 6 aromatic carbocycles. The highest BCUT2D eigenvalue weighted by Crippen LogP contribution is 2.40. The lowest BCUT2D eigenvalue weighted by molar-refractivity contribution is 0.669. The molecule has 0 amide bonds. The predicted octanol–water partition coefficient (Wildman–Crippen LogP) is 10.7. The summed E-state index contributed by atoms with van der Waals surface area (Å²) in [5, 5.41) is 24.6. The van der Waals surface area contributed by atoms with Gasteiger partial charge in [-0.05, 0) is 88.5 Å². The molecule has 2 aromatic heterocycles. The van der Waals surface area contributed by atoms with Crippen LogP contribution in [0.2, 0.25) is 0 Å². The van der Waals surface area contributed by atoms with Gasteiger partial charge in [0.05, 0.1) is 23.3 Å². The van der Waals surface area contributed by atoms with Crippen molar-refractivity contribution in [2.45, 2.75) is 0 Å². The molecule has 8 rings (SSSR count). The van der Waals surface area contributed by atoms with Crippen molar-refractivity contribution in [3.8, 4) is 45.5 Å². The first-order valence-corrected chi connectivity index (χ1v) is 14.4. The lowest BCUT2D eigenvalue weighted by atomic mass is 9.89. The summed E-state index contributed by atoms with van der Waals surface area (Å²) in [4.78, 5) is 0. The number of fused-ring (bicyclic) bond motifs is 6. The van der Waals surface area contributed by atoms with Gasteiger partial charge in [0.25, 0.3) is 0 Å². The molecule has 0 fully saturated rings. The lowest BCUT2D eigenvalue weighted by Gasteiger charge is -2.13. The Balaban J connectivity index is 1.37. The fourth-order valence-corrected chi connectivity index (χ4v) is 7.11. The van der Waals surface area contributed by atoms with Gasteiger partial charge in [0, 0.05) is 36.5 Å². The number of thiophene rings is 1. The molecule has 0 saturated carbocycles. The van der Waals surface area contributed by atoms with Gasteiger partial charge >= 0.3 is 0 Å². The van der Waals surface area contributed by atoms with E-state index in [9.17, 15) is 10.5 Å². The maximum Gasteiger partial charge on any atom is 0.136 e. The molecule has 2 heterocycles. The van der Waals surface area contributed by atoms with E-state index in [-0.39, 0.29) is 0 Å². The van der Waals surface area contributed by atoms with Crippen LogP contribution in [0.1, 0.15) is 11.1 Å². The Kier molecular flexibility index (Phi) is 5.44. The fraction of sp³-hybridized carbons (Fsp3) is 0. The highest BCUT2D eigenvalue weighted by Gasteiger charge is 2.16. The average molecular weight is 553 g/mol. The minimum Gasteiger partial charge on any atom is -0.456 e. The summed E-state index contributed by atoms with van der Waals surface area (Å²) in [5.41, 5.74) is 8.20. The molecule has 42 heavy (non-hydrogen) atoms. The molecule has 0 spiro atoms. The topological polar surface area (TPSA) is 60.7 Å². The fourth-order valence-electron chi connectivity index (χ4n) is 5.97. The van der Waals surface area contributed by atoms with E-state index in [0.29, 0.717) is 16.7 Å². The van der Waals surface area contributed by atoms with Crippen molar-refractivity contribution in [2.24, 2.45) is 0 Å². The molecule has 0 aliphatic carbocycles. The van der Waals surface area contributed by atoms with E-state index in [1.807, 2.05) is 18.2 Å². The maximum atomic E-state index is 9.98. The Morgan fingerprint density at radius 2 is 1.05 bits per heavy atom. The van der Waals surface area contributed by atoms with Gasteiger partial charge in [-0.1, -0.05) is 60.7 Å². The summed E-state index contributed by atoms with van der Waals surface area (Å²) in [5.74, 6) is 0. The Labute approximate surface area is 245 Å². The highest BCUT2D eigenvalue weighted by atomic mass is 32.1. The largest absolute Gasteiger partial charge is 0.456 e. The molecule has 0 radical (unpaired) electrons. The second-order valence-corrected chi connectivity index (χ2v) is 11.5. The van der Waals surface area contributed by atoms with Crippen LogP contribution < -0.4 is 0 Å². The van der Waals surface area contributed by atoms with Gasteiger partial charge in [-0.15, -0.1) is 11.3 Å². The molecule has 0 aliphatic heterocycles. The van der Waals surface area contributed by atoms with Crippen LogP contribution in [-0.2, 0) is 0 Å². The Hall–Kier alpha value is -5.68. The van der Waals surface area contributed by atoms with Gasteiger partial charge in [0.15, 0.2) is 0 Å². The van der Waals surface area contributed by atoms with Crippen LogP contribution >= 0.6 is 11.3 Å². The van der Waals surface area contributed by atoms with Crippen molar-refractivity contribution in [2.75, 3.05) is 0 Å². The normalized spacial score (nSPS) is 11.3. The summed E-state index contributed by atoms with van der Waals surface area (Å²) in [6.45, 7) is 0. The summed E-state index contributed by atoms with van der Waals surface area (Å²) >= 11 is 1.79. The van der Waals surface area contributed by atoms with Gasteiger partial charge in [0.1, 0.15) is 11.2 Å². The van der Waals surface area contributed by atoms with E-state index in [4.69, 9.17) is 4.42 Å². The molecule has 0 atom stereocenters. The molecule has 194 valence electrons.